The highest BCUT2D eigenvalue weighted by molar-refractivity contribution is 5.97. The Hall–Kier alpha value is -3.54. The number of carbonyl (C=O) groups is 2. The van der Waals surface area contributed by atoms with E-state index in [9.17, 15) is 9.59 Å². The van der Waals surface area contributed by atoms with Crippen LogP contribution in [0.3, 0.4) is 0 Å². The summed E-state index contributed by atoms with van der Waals surface area (Å²) in [5, 5.41) is 2.08. The summed E-state index contributed by atoms with van der Waals surface area (Å²) < 4.78 is 6.18. The molecule has 4 aromatic rings. The molecule has 2 atom stereocenters. The van der Waals surface area contributed by atoms with Gasteiger partial charge >= 0.3 is 0 Å². The molecule has 2 aliphatic rings. The number of aromatic amines is 1. The average molecular weight is 385 g/mol. The van der Waals surface area contributed by atoms with Crippen LogP contribution in [-0.4, -0.2) is 46.2 Å². The molecule has 1 N–H and O–H groups in total. The summed E-state index contributed by atoms with van der Waals surface area (Å²) in [4.78, 5) is 32.9. The lowest BCUT2D eigenvalue weighted by Crippen LogP contribution is -2.62. The van der Waals surface area contributed by atoms with Gasteiger partial charge in [-0.05, 0) is 23.8 Å². The van der Waals surface area contributed by atoms with E-state index < -0.39 is 12.1 Å². The smallest absolute Gasteiger partial charge is 0.245 e. The molecule has 1 fully saturated rings. The number of fused-ring (bicyclic) bond motifs is 5. The number of nitrogens with zero attached hydrogens (tertiary/aromatic N) is 2. The molecule has 2 aromatic heterocycles. The molecule has 0 spiro atoms. The Kier molecular flexibility index (Phi) is 3.25. The second-order valence-corrected chi connectivity index (χ2v) is 7.87. The van der Waals surface area contributed by atoms with Gasteiger partial charge in [0.1, 0.15) is 23.4 Å². The van der Waals surface area contributed by atoms with Crippen molar-refractivity contribution in [1.29, 1.82) is 0 Å². The highest BCUT2D eigenvalue weighted by atomic mass is 16.3. The van der Waals surface area contributed by atoms with Crippen molar-refractivity contribution in [3.63, 3.8) is 0 Å². The van der Waals surface area contributed by atoms with Crippen molar-refractivity contribution in [3.8, 4) is 0 Å². The van der Waals surface area contributed by atoms with E-state index in [1.807, 2.05) is 48.5 Å². The second kappa shape index (κ2) is 5.73. The summed E-state index contributed by atoms with van der Waals surface area (Å²) in [7, 11) is 1.69. The minimum Gasteiger partial charge on any atom is -0.458 e. The normalized spacial score (nSPS) is 21.7. The molecule has 0 radical (unpaired) electrons. The van der Waals surface area contributed by atoms with E-state index in [0.29, 0.717) is 12.2 Å². The fraction of sp³-hybridized carbons (Fsp3) is 0.217. The Bertz CT molecular complexity index is 1270. The first-order chi connectivity index (χ1) is 14.1. The number of amides is 2. The van der Waals surface area contributed by atoms with Crippen LogP contribution in [0.5, 0.6) is 0 Å². The van der Waals surface area contributed by atoms with E-state index in [-0.39, 0.29) is 18.4 Å². The number of rotatable bonds is 1. The minimum atomic E-state index is -0.522. The molecule has 2 unspecified atom stereocenters. The first-order valence-corrected chi connectivity index (χ1v) is 9.76. The number of likely N-dealkylation sites (N-methyl/N-ethyl adjacent to an activating group) is 1. The number of furan rings is 1. The van der Waals surface area contributed by atoms with Gasteiger partial charge in [-0.3, -0.25) is 9.59 Å². The fourth-order valence-electron chi connectivity index (χ4n) is 4.84. The maximum absolute atomic E-state index is 13.1. The molecule has 0 bridgehead atoms. The van der Waals surface area contributed by atoms with Gasteiger partial charge in [0.15, 0.2) is 0 Å². The zero-order chi connectivity index (χ0) is 19.7. The minimum absolute atomic E-state index is 0.0263. The topological polar surface area (TPSA) is 69.6 Å². The number of nitrogens with one attached hydrogen (secondary N) is 1. The molecular weight excluding hydrogens is 366 g/mol. The number of hydrogen-bond acceptors (Lipinski definition) is 3. The second-order valence-electron chi connectivity index (χ2n) is 7.87. The monoisotopic (exact) mass is 385 g/mol. The van der Waals surface area contributed by atoms with Crippen LogP contribution in [0, 0.1) is 0 Å². The van der Waals surface area contributed by atoms with E-state index in [0.717, 1.165) is 33.1 Å². The Morgan fingerprint density at radius 1 is 1.07 bits per heavy atom. The number of piperazine rings is 1. The molecule has 1 saturated heterocycles. The molecule has 6 rings (SSSR count). The molecule has 6 heteroatoms. The van der Waals surface area contributed by atoms with Crippen molar-refractivity contribution < 1.29 is 14.0 Å². The predicted octanol–water partition coefficient (Wildman–Crippen LogP) is 3.23. The quantitative estimate of drug-likeness (QED) is 0.547. The number of H-pyrrole nitrogens is 1. The van der Waals surface area contributed by atoms with Crippen LogP contribution in [0.1, 0.15) is 23.1 Å². The van der Waals surface area contributed by atoms with Crippen LogP contribution in [-0.2, 0) is 16.0 Å². The summed E-state index contributed by atoms with van der Waals surface area (Å²) in [6.07, 6.45) is 0.505. The molecule has 0 saturated carbocycles. The Morgan fingerprint density at radius 3 is 2.72 bits per heavy atom. The van der Waals surface area contributed by atoms with Gasteiger partial charge in [-0.25, -0.2) is 0 Å². The zero-order valence-corrected chi connectivity index (χ0v) is 15.9. The van der Waals surface area contributed by atoms with Crippen molar-refractivity contribution in [2.24, 2.45) is 0 Å². The van der Waals surface area contributed by atoms with Crippen LogP contribution in [0.15, 0.2) is 59.0 Å². The molecule has 2 aliphatic heterocycles. The van der Waals surface area contributed by atoms with Crippen molar-refractivity contribution in [2.75, 3.05) is 13.6 Å². The lowest BCUT2D eigenvalue weighted by atomic mass is 9.88. The molecule has 4 heterocycles. The molecule has 2 amide bonds. The third kappa shape index (κ3) is 2.23. The summed E-state index contributed by atoms with van der Waals surface area (Å²) in [6.45, 7) is 0.0849. The Labute approximate surface area is 166 Å². The van der Waals surface area contributed by atoms with Crippen LogP contribution >= 0.6 is 0 Å². The summed E-state index contributed by atoms with van der Waals surface area (Å²) >= 11 is 0. The molecule has 2 aromatic carbocycles. The van der Waals surface area contributed by atoms with Gasteiger partial charge in [-0.1, -0.05) is 36.4 Å². The van der Waals surface area contributed by atoms with Crippen LogP contribution in [0.25, 0.3) is 21.9 Å². The van der Waals surface area contributed by atoms with Gasteiger partial charge < -0.3 is 19.2 Å². The Morgan fingerprint density at radius 2 is 1.86 bits per heavy atom. The summed E-state index contributed by atoms with van der Waals surface area (Å²) in [5.74, 6) is 0.586. The highest BCUT2D eigenvalue weighted by Gasteiger charge is 2.48. The van der Waals surface area contributed by atoms with Gasteiger partial charge in [0.05, 0.1) is 12.2 Å². The summed E-state index contributed by atoms with van der Waals surface area (Å²) in [5.41, 5.74) is 3.80. The highest BCUT2D eigenvalue weighted by Crippen LogP contribution is 2.43. The van der Waals surface area contributed by atoms with Crippen molar-refractivity contribution >= 4 is 33.7 Å². The Balaban J connectivity index is 1.62. The SMILES string of the molecule is CN1CC(=O)N2C(Cc3c([nH]c4ccccc34)C2c2cc3ccccc3o2)C1=O. The van der Waals surface area contributed by atoms with Gasteiger partial charge in [0.25, 0.3) is 0 Å². The predicted molar refractivity (Wildman–Crippen MR) is 108 cm³/mol. The fourth-order valence-corrected chi connectivity index (χ4v) is 4.84. The summed E-state index contributed by atoms with van der Waals surface area (Å²) in [6, 6.07) is 16.9. The van der Waals surface area contributed by atoms with Crippen LogP contribution in [0.2, 0.25) is 0 Å². The molecular formula is C23H19N3O3. The van der Waals surface area contributed by atoms with Crippen molar-refractivity contribution in [2.45, 2.75) is 18.5 Å². The third-order valence-electron chi connectivity index (χ3n) is 6.17. The zero-order valence-electron chi connectivity index (χ0n) is 15.9. The van der Waals surface area contributed by atoms with Gasteiger partial charge in [0, 0.05) is 29.8 Å². The van der Waals surface area contributed by atoms with Crippen molar-refractivity contribution in [3.05, 3.63) is 71.6 Å². The first kappa shape index (κ1) is 16.4. The molecule has 144 valence electrons. The molecule has 0 aliphatic carbocycles. The van der Waals surface area contributed by atoms with Gasteiger partial charge in [-0.15, -0.1) is 0 Å². The molecule has 29 heavy (non-hydrogen) atoms. The third-order valence-corrected chi connectivity index (χ3v) is 6.17. The number of hydrogen-bond donors (Lipinski definition) is 1. The van der Waals surface area contributed by atoms with Gasteiger partial charge in [-0.2, -0.15) is 0 Å². The van der Waals surface area contributed by atoms with E-state index in [2.05, 4.69) is 11.1 Å². The maximum Gasteiger partial charge on any atom is 0.245 e. The number of benzene rings is 2. The van der Waals surface area contributed by atoms with E-state index in [1.54, 1.807) is 11.9 Å². The van der Waals surface area contributed by atoms with Crippen LogP contribution in [0.4, 0.5) is 0 Å². The maximum atomic E-state index is 13.1. The lowest BCUT2D eigenvalue weighted by molar-refractivity contribution is -0.157. The van der Waals surface area contributed by atoms with Crippen molar-refractivity contribution in [1.82, 2.24) is 14.8 Å². The van der Waals surface area contributed by atoms with E-state index >= 15 is 0 Å². The van der Waals surface area contributed by atoms with E-state index in [1.165, 1.54) is 4.90 Å². The van der Waals surface area contributed by atoms with E-state index in [4.69, 9.17) is 4.42 Å². The first-order valence-electron chi connectivity index (χ1n) is 9.76. The number of para-hydroxylation sites is 2. The average Bonchev–Trinajstić information content (AvgIpc) is 3.31. The lowest BCUT2D eigenvalue weighted by Gasteiger charge is -2.45. The van der Waals surface area contributed by atoms with Crippen LogP contribution < -0.4 is 0 Å². The standard InChI is InChI=1S/C23H19N3O3/c1-25-12-20(27)26-17(23(25)28)11-15-14-7-3-4-8-16(14)24-21(15)22(26)19-10-13-6-2-5-9-18(13)29-19/h2-10,17,22,24H,11-12H2,1H3. The largest absolute Gasteiger partial charge is 0.458 e. The molecule has 6 nitrogen and oxygen atoms in total. The number of carbonyl (C=O) groups excluding carboxylic acids is 2. The van der Waals surface area contributed by atoms with Gasteiger partial charge in [0.2, 0.25) is 11.8 Å². The number of aromatic nitrogens is 1.